The van der Waals surface area contributed by atoms with E-state index in [2.05, 4.69) is 6.92 Å². The van der Waals surface area contributed by atoms with Crippen molar-refractivity contribution in [1.82, 2.24) is 0 Å². The molecule has 0 aromatic heterocycles. The van der Waals surface area contributed by atoms with Crippen molar-refractivity contribution < 1.29 is 38.1 Å². The Morgan fingerprint density at radius 1 is 0.621 bits per heavy atom. The summed E-state index contributed by atoms with van der Waals surface area (Å²) in [6.45, 7) is 6.74. The largest absolute Gasteiger partial charge is 0.462 e. The number of rotatable bonds is 15. The molecule has 0 aliphatic carbocycles. The van der Waals surface area contributed by atoms with Gasteiger partial charge in [-0.2, -0.15) is 0 Å². The molecule has 0 amide bonds. The second-order valence-corrected chi connectivity index (χ2v) is 7.08. The number of ether oxygens (including phenoxy) is 4. The summed E-state index contributed by atoms with van der Waals surface area (Å²) < 4.78 is 20.9. The van der Waals surface area contributed by atoms with Crippen LogP contribution in [0.1, 0.15) is 86.0 Å². The van der Waals surface area contributed by atoms with Gasteiger partial charge in [0.05, 0.1) is 0 Å². The van der Waals surface area contributed by atoms with E-state index in [1.165, 1.54) is 47.0 Å². The third-order valence-corrected chi connectivity index (χ3v) is 4.21. The molecule has 0 aliphatic heterocycles. The minimum absolute atomic E-state index is 0.304. The van der Waals surface area contributed by atoms with Crippen molar-refractivity contribution in [3.63, 3.8) is 0 Å². The Bertz CT molecular complexity index is 517. The zero-order valence-electron chi connectivity index (χ0n) is 18.4. The van der Waals surface area contributed by atoms with Crippen molar-refractivity contribution in [3.05, 3.63) is 0 Å². The van der Waals surface area contributed by atoms with Gasteiger partial charge in [0.25, 0.3) is 0 Å². The SMILES string of the molecule is CCCCCCCCC[C@@H](OC(C)=O)[C@H](OC(C)=O)[C@H](COC(C)=O)OC(C)=O. The van der Waals surface area contributed by atoms with Gasteiger partial charge >= 0.3 is 23.9 Å². The van der Waals surface area contributed by atoms with Gasteiger partial charge in [-0.3, -0.25) is 19.2 Å². The Labute approximate surface area is 173 Å². The maximum absolute atomic E-state index is 11.6. The Morgan fingerprint density at radius 2 is 1.10 bits per heavy atom. The first-order chi connectivity index (χ1) is 13.7. The van der Waals surface area contributed by atoms with Crippen LogP contribution in [0.4, 0.5) is 0 Å². The standard InChI is InChI=1S/C21H36O8/c1-6-7-8-9-10-11-12-13-19(27-16(3)23)21(29-18(5)25)20(28-17(4)24)14-26-15(2)22/h19-21H,6-14H2,1-5H3/t19-,20+,21+/m1/s1. The van der Waals surface area contributed by atoms with E-state index in [9.17, 15) is 19.2 Å². The molecular formula is C21H36O8. The molecule has 0 bridgehead atoms. The van der Waals surface area contributed by atoms with E-state index in [0.29, 0.717) is 6.42 Å². The number of hydrogen-bond donors (Lipinski definition) is 0. The lowest BCUT2D eigenvalue weighted by molar-refractivity contribution is -0.189. The molecule has 0 saturated heterocycles. The van der Waals surface area contributed by atoms with Crippen LogP contribution in [-0.4, -0.2) is 48.8 Å². The Kier molecular flexibility index (Phi) is 14.6. The minimum atomic E-state index is -1.07. The molecule has 29 heavy (non-hydrogen) atoms. The van der Waals surface area contributed by atoms with Crippen LogP contribution in [0, 0.1) is 0 Å². The Hall–Kier alpha value is -2.12. The average Bonchev–Trinajstić information content (AvgIpc) is 2.60. The first kappa shape index (κ1) is 26.9. The summed E-state index contributed by atoms with van der Waals surface area (Å²) in [5.74, 6) is -2.35. The molecule has 0 radical (unpaired) electrons. The van der Waals surface area contributed by atoms with E-state index in [1.807, 2.05) is 0 Å². The number of carbonyl (C=O) groups is 4. The van der Waals surface area contributed by atoms with Gasteiger partial charge in [-0.1, -0.05) is 45.4 Å². The van der Waals surface area contributed by atoms with Gasteiger partial charge in [0.2, 0.25) is 0 Å². The molecule has 0 aromatic carbocycles. The van der Waals surface area contributed by atoms with Crippen LogP contribution in [0.2, 0.25) is 0 Å². The number of carbonyl (C=O) groups excluding carboxylic acids is 4. The van der Waals surface area contributed by atoms with Crippen molar-refractivity contribution in [2.45, 2.75) is 104 Å². The number of hydrogen-bond acceptors (Lipinski definition) is 8. The normalized spacial score (nSPS) is 13.7. The summed E-state index contributed by atoms with van der Waals surface area (Å²) in [6, 6.07) is 0. The molecule has 8 heteroatoms. The summed E-state index contributed by atoms with van der Waals surface area (Å²) in [5, 5.41) is 0. The van der Waals surface area contributed by atoms with Gasteiger partial charge in [-0.15, -0.1) is 0 Å². The van der Waals surface area contributed by atoms with Crippen molar-refractivity contribution in [1.29, 1.82) is 0 Å². The third kappa shape index (κ3) is 14.5. The predicted molar refractivity (Wildman–Crippen MR) is 106 cm³/mol. The van der Waals surface area contributed by atoms with E-state index < -0.39 is 42.2 Å². The third-order valence-electron chi connectivity index (χ3n) is 4.21. The topological polar surface area (TPSA) is 105 Å². The highest BCUT2D eigenvalue weighted by Crippen LogP contribution is 2.20. The molecule has 0 saturated carbocycles. The van der Waals surface area contributed by atoms with Crippen LogP contribution in [0.15, 0.2) is 0 Å². The molecule has 0 fully saturated rings. The smallest absolute Gasteiger partial charge is 0.303 e. The van der Waals surface area contributed by atoms with Crippen LogP contribution in [0.3, 0.4) is 0 Å². The maximum Gasteiger partial charge on any atom is 0.303 e. The van der Waals surface area contributed by atoms with Crippen LogP contribution < -0.4 is 0 Å². The van der Waals surface area contributed by atoms with Gasteiger partial charge < -0.3 is 18.9 Å². The van der Waals surface area contributed by atoms with Crippen molar-refractivity contribution in [2.75, 3.05) is 6.61 Å². The van der Waals surface area contributed by atoms with Crippen LogP contribution in [-0.2, 0) is 38.1 Å². The first-order valence-corrected chi connectivity index (χ1v) is 10.3. The summed E-state index contributed by atoms with van der Waals surface area (Å²) in [5.41, 5.74) is 0. The lowest BCUT2D eigenvalue weighted by Crippen LogP contribution is -2.47. The van der Waals surface area contributed by atoms with Gasteiger partial charge in [0.1, 0.15) is 12.7 Å². The quantitative estimate of drug-likeness (QED) is 0.227. The summed E-state index contributed by atoms with van der Waals surface area (Å²) >= 11 is 0. The second-order valence-electron chi connectivity index (χ2n) is 7.08. The molecule has 0 N–H and O–H groups in total. The van der Waals surface area contributed by atoms with E-state index in [1.54, 1.807) is 0 Å². The molecule has 0 spiro atoms. The molecule has 8 nitrogen and oxygen atoms in total. The first-order valence-electron chi connectivity index (χ1n) is 10.3. The van der Waals surface area contributed by atoms with E-state index in [-0.39, 0.29) is 6.61 Å². The maximum atomic E-state index is 11.6. The number of unbranched alkanes of at least 4 members (excludes halogenated alkanes) is 6. The highest BCUT2D eigenvalue weighted by atomic mass is 16.6. The van der Waals surface area contributed by atoms with Gasteiger partial charge in [0, 0.05) is 27.7 Å². The lowest BCUT2D eigenvalue weighted by Gasteiger charge is -2.31. The monoisotopic (exact) mass is 416 g/mol. The van der Waals surface area contributed by atoms with Crippen molar-refractivity contribution in [2.24, 2.45) is 0 Å². The second kappa shape index (κ2) is 15.8. The molecule has 0 aromatic rings. The zero-order chi connectivity index (χ0) is 22.2. The van der Waals surface area contributed by atoms with Crippen LogP contribution >= 0.6 is 0 Å². The van der Waals surface area contributed by atoms with Gasteiger partial charge in [0.15, 0.2) is 12.2 Å². The number of esters is 4. The molecular weight excluding hydrogens is 380 g/mol. The molecule has 168 valence electrons. The van der Waals surface area contributed by atoms with E-state index in [4.69, 9.17) is 18.9 Å². The molecule has 0 aliphatic rings. The van der Waals surface area contributed by atoms with Crippen molar-refractivity contribution in [3.8, 4) is 0 Å². The summed E-state index contributed by atoms with van der Waals surface area (Å²) in [6.07, 6.45) is 4.95. The predicted octanol–water partition coefficient (Wildman–Crippen LogP) is 3.49. The van der Waals surface area contributed by atoms with Crippen LogP contribution in [0.5, 0.6) is 0 Å². The fourth-order valence-corrected chi connectivity index (χ4v) is 3.00. The van der Waals surface area contributed by atoms with Gasteiger partial charge in [-0.05, 0) is 12.8 Å². The minimum Gasteiger partial charge on any atom is -0.462 e. The Morgan fingerprint density at radius 3 is 1.59 bits per heavy atom. The molecule has 0 rings (SSSR count). The Balaban J connectivity index is 5.18. The van der Waals surface area contributed by atoms with E-state index in [0.717, 1.165) is 25.7 Å². The highest BCUT2D eigenvalue weighted by Gasteiger charge is 2.37. The highest BCUT2D eigenvalue weighted by molar-refractivity contribution is 5.68. The van der Waals surface area contributed by atoms with Crippen molar-refractivity contribution >= 4 is 23.9 Å². The van der Waals surface area contributed by atoms with E-state index >= 15 is 0 Å². The average molecular weight is 417 g/mol. The van der Waals surface area contributed by atoms with Gasteiger partial charge in [-0.25, -0.2) is 0 Å². The summed E-state index contributed by atoms with van der Waals surface area (Å²) in [4.78, 5) is 45.9. The van der Waals surface area contributed by atoms with Crippen LogP contribution in [0.25, 0.3) is 0 Å². The molecule has 0 unspecified atom stereocenters. The fourth-order valence-electron chi connectivity index (χ4n) is 3.00. The molecule has 0 heterocycles. The fraction of sp³-hybridized carbons (Fsp3) is 0.810. The lowest BCUT2D eigenvalue weighted by atomic mass is 10.00. The zero-order valence-corrected chi connectivity index (χ0v) is 18.4. The molecule has 3 atom stereocenters. The summed E-state index contributed by atoms with van der Waals surface area (Å²) in [7, 11) is 0.